The summed E-state index contributed by atoms with van der Waals surface area (Å²) in [6, 6.07) is 7.64. The van der Waals surface area contributed by atoms with Crippen LogP contribution in [-0.2, 0) is 23.9 Å². The molecule has 2 aromatic carbocycles. The smallest absolute Gasteiger partial charge is 0.331 e. The van der Waals surface area contributed by atoms with Gasteiger partial charge in [0.05, 0.1) is 6.10 Å². The number of aliphatic hydroxyl groups is 2. The zero-order valence-corrected chi connectivity index (χ0v) is 20.1. The molecule has 38 heavy (non-hydrogen) atoms. The van der Waals surface area contributed by atoms with Gasteiger partial charge in [-0.25, -0.2) is 9.59 Å². The van der Waals surface area contributed by atoms with Crippen molar-refractivity contribution in [1.82, 2.24) is 5.32 Å². The number of phenols is 4. The van der Waals surface area contributed by atoms with Crippen molar-refractivity contribution in [2.75, 3.05) is 7.05 Å². The second kappa shape index (κ2) is 11.7. The summed E-state index contributed by atoms with van der Waals surface area (Å²) in [5.41, 5.74) is -1.31. The fraction of sp³-hybridized carbons (Fsp3) is 0.269. The first-order valence-electron chi connectivity index (χ1n) is 11.4. The lowest BCUT2D eigenvalue weighted by Gasteiger charge is -2.42. The quantitative estimate of drug-likeness (QED) is 0.151. The van der Waals surface area contributed by atoms with Crippen molar-refractivity contribution < 1.29 is 54.5 Å². The SMILES string of the molecule is CNC(=O)C1(OC(=O)/C=C/c2ccc(O)c(O)c2)CC(O)C(O)[C@H](OC(=O)/C=C/c2ccc(O)c(O)c2)C1. The number of rotatable bonds is 7. The number of likely N-dealkylation sites (N-methyl/N-ethyl adjacent to an activating group) is 1. The zero-order chi connectivity index (χ0) is 28.0. The molecule has 0 aromatic heterocycles. The highest BCUT2D eigenvalue weighted by Gasteiger charge is 2.53. The molecule has 0 aliphatic heterocycles. The van der Waals surface area contributed by atoms with Crippen molar-refractivity contribution in [1.29, 1.82) is 0 Å². The predicted octanol–water partition coefficient (Wildman–Crippen LogP) is 0.691. The Balaban J connectivity index is 1.76. The van der Waals surface area contributed by atoms with Gasteiger partial charge in [-0.2, -0.15) is 0 Å². The van der Waals surface area contributed by atoms with Gasteiger partial charge in [0.1, 0.15) is 12.2 Å². The number of carbonyl (C=O) groups excluding carboxylic acids is 3. The van der Waals surface area contributed by atoms with Crippen LogP contribution >= 0.6 is 0 Å². The number of hydrogen-bond donors (Lipinski definition) is 7. The van der Waals surface area contributed by atoms with E-state index < -0.39 is 66.1 Å². The summed E-state index contributed by atoms with van der Waals surface area (Å²) in [4.78, 5) is 37.8. The Morgan fingerprint density at radius 1 is 0.842 bits per heavy atom. The van der Waals surface area contributed by atoms with Crippen LogP contribution in [0.2, 0.25) is 0 Å². The lowest BCUT2D eigenvalue weighted by molar-refractivity contribution is -0.198. The lowest BCUT2D eigenvalue weighted by Crippen LogP contribution is -2.61. The summed E-state index contributed by atoms with van der Waals surface area (Å²) in [7, 11) is 1.28. The number of nitrogens with one attached hydrogen (secondary N) is 1. The van der Waals surface area contributed by atoms with E-state index >= 15 is 0 Å². The second-order valence-corrected chi connectivity index (χ2v) is 8.60. The highest BCUT2D eigenvalue weighted by molar-refractivity contribution is 5.93. The van der Waals surface area contributed by atoms with Crippen LogP contribution in [0, 0.1) is 0 Å². The molecule has 1 saturated carbocycles. The molecule has 12 nitrogen and oxygen atoms in total. The molecule has 7 N–H and O–H groups in total. The summed E-state index contributed by atoms with van der Waals surface area (Å²) < 4.78 is 10.7. The number of benzene rings is 2. The van der Waals surface area contributed by atoms with Crippen molar-refractivity contribution in [3.8, 4) is 23.0 Å². The van der Waals surface area contributed by atoms with Crippen molar-refractivity contribution in [3.05, 3.63) is 59.7 Å². The number of phenolic OH excluding ortho intramolecular Hbond substituents is 4. The Hall–Kier alpha value is -4.55. The van der Waals surface area contributed by atoms with E-state index in [0.29, 0.717) is 11.1 Å². The molecule has 4 atom stereocenters. The van der Waals surface area contributed by atoms with Crippen molar-refractivity contribution >= 4 is 30.0 Å². The molecule has 1 fully saturated rings. The third kappa shape index (κ3) is 6.60. The number of ether oxygens (including phenoxy) is 2. The van der Waals surface area contributed by atoms with Gasteiger partial charge in [-0.05, 0) is 47.5 Å². The Bertz CT molecular complexity index is 1270. The third-order valence-corrected chi connectivity index (χ3v) is 5.87. The van der Waals surface area contributed by atoms with E-state index in [-0.39, 0.29) is 11.5 Å². The maximum Gasteiger partial charge on any atom is 0.331 e. The van der Waals surface area contributed by atoms with Gasteiger partial charge in [-0.1, -0.05) is 12.1 Å². The van der Waals surface area contributed by atoms with Gasteiger partial charge in [0.2, 0.25) is 0 Å². The maximum atomic E-state index is 12.8. The first-order chi connectivity index (χ1) is 17.9. The molecule has 0 saturated heterocycles. The van der Waals surface area contributed by atoms with Gasteiger partial charge in [0, 0.05) is 32.0 Å². The normalized spacial score (nSPS) is 23.3. The number of amides is 1. The zero-order valence-electron chi connectivity index (χ0n) is 20.1. The van der Waals surface area contributed by atoms with E-state index in [1.54, 1.807) is 0 Å². The number of esters is 2. The summed E-state index contributed by atoms with van der Waals surface area (Å²) in [5.74, 6) is -4.27. The van der Waals surface area contributed by atoms with Gasteiger partial charge in [0.25, 0.3) is 5.91 Å². The molecule has 1 amide bonds. The lowest BCUT2D eigenvalue weighted by atomic mass is 9.78. The summed E-state index contributed by atoms with van der Waals surface area (Å²) in [6.07, 6.45) is -1.10. The minimum atomic E-state index is -2.00. The molecule has 0 bridgehead atoms. The highest BCUT2D eigenvalue weighted by atomic mass is 16.6. The van der Waals surface area contributed by atoms with Crippen LogP contribution in [-0.4, -0.2) is 79.4 Å². The first kappa shape index (κ1) is 28.0. The molecule has 0 spiro atoms. The molecule has 202 valence electrons. The average molecular weight is 529 g/mol. The molecule has 3 rings (SSSR count). The summed E-state index contributed by atoms with van der Waals surface area (Å²) in [6.45, 7) is 0. The van der Waals surface area contributed by atoms with Crippen molar-refractivity contribution in [2.24, 2.45) is 0 Å². The van der Waals surface area contributed by atoms with E-state index in [9.17, 15) is 45.0 Å². The Morgan fingerprint density at radius 2 is 1.37 bits per heavy atom. The Morgan fingerprint density at radius 3 is 1.87 bits per heavy atom. The standard InChI is InChI=1S/C26H27NO11/c1-27-25(36)26(38-23(34)9-5-15-3-7-17(29)19(31)11-15)12-20(32)24(35)21(13-26)37-22(33)8-4-14-2-6-16(28)18(30)10-14/h2-11,20-21,24,28-32,35H,12-13H2,1H3,(H,27,36)/b8-4+,9-5+/t20?,21-,24?,26?/m1/s1. The summed E-state index contributed by atoms with van der Waals surface area (Å²) >= 11 is 0. The molecule has 2 aromatic rings. The van der Waals surface area contributed by atoms with Gasteiger partial charge in [-0.15, -0.1) is 0 Å². The fourth-order valence-electron chi connectivity index (χ4n) is 3.92. The van der Waals surface area contributed by atoms with E-state index in [1.807, 2.05) is 0 Å². The predicted molar refractivity (Wildman–Crippen MR) is 132 cm³/mol. The molecule has 1 aliphatic carbocycles. The first-order valence-corrected chi connectivity index (χ1v) is 11.4. The van der Waals surface area contributed by atoms with Gasteiger partial charge in [0.15, 0.2) is 28.6 Å². The van der Waals surface area contributed by atoms with Gasteiger partial charge >= 0.3 is 11.9 Å². The maximum absolute atomic E-state index is 12.8. The molecule has 0 radical (unpaired) electrons. The van der Waals surface area contributed by atoms with Crippen LogP contribution in [0.15, 0.2) is 48.6 Å². The molecule has 1 aliphatic rings. The largest absolute Gasteiger partial charge is 0.504 e. The van der Waals surface area contributed by atoms with Crippen LogP contribution in [0.1, 0.15) is 24.0 Å². The molecular formula is C26H27NO11. The molecule has 0 heterocycles. The average Bonchev–Trinajstić information content (AvgIpc) is 2.87. The minimum absolute atomic E-state index is 0.339. The number of aromatic hydroxyl groups is 4. The van der Waals surface area contributed by atoms with Crippen molar-refractivity contribution in [2.45, 2.75) is 36.8 Å². The van der Waals surface area contributed by atoms with Crippen LogP contribution in [0.3, 0.4) is 0 Å². The number of carbonyl (C=O) groups is 3. The molecular weight excluding hydrogens is 502 g/mol. The van der Waals surface area contributed by atoms with E-state index in [4.69, 9.17) is 9.47 Å². The van der Waals surface area contributed by atoms with Gasteiger partial charge in [-0.3, -0.25) is 4.79 Å². The van der Waals surface area contributed by atoms with Crippen LogP contribution in [0.25, 0.3) is 12.2 Å². The second-order valence-electron chi connectivity index (χ2n) is 8.60. The van der Waals surface area contributed by atoms with Gasteiger partial charge < -0.3 is 45.4 Å². The number of hydrogen-bond acceptors (Lipinski definition) is 11. The Labute approximate surface area is 216 Å². The van der Waals surface area contributed by atoms with E-state index in [1.165, 1.54) is 55.6 Å². The fourth-order valence-corrected chi connectivity index (χ4v) is 3.92. The molecule has 12 heteroatoms. The number of aliphatic hydroxyl groups excluding tert-OH is 2. The van der Waals surface area contributed by atoms with E-state index in [0.717, 1.165) is 12.2 Å². The van der Waals surface area contributed by atoms with Crippen LogP contribution in [0.5, 0.6) is 23.0 Å². The van der Waals surface area contributed by atoms with Crippen molar-refractivity contribution in [3.63, 3.8) is 0 Å². The molecule has 3 unspecified atom stereocenters. The van der Waals surface area contributed by atoms with Crippen LogP contribution in [0.4, 0.5) is 0 Å². The minimum Gasteiger partial charge on any atom is -0.504 e. The summed E-state index contributed by atoms with van der Waals surface area (Å²) in [5, 5.41) is 61.1. The monoisotopic (exact) mass is 529 g/mol. The third-order valence-electron chi connectivity index (χ3n) is 5.87. The van der Waals surface area contributed by atoms with Crippen LogP contribution < -0.4 is 5.32 Å². The Kier molecular flexibility index (Phi) is 8.61. The topological polar surface area (TPSA) is 203 Å². The van der Waals surface area contributed by atoms with E-state index in [2.05, 4.69) is 5.32 Å². The highest BCUT2D eigenvalue weighted by Crippen LogP contribution is 2.35.